The lowest BCUT2D eigenvalue weighted by Crippen LogP contribution is -2.40. The Kier molecular flexibility index (Phi) is 5.68. The third kappa shape index (κ3) is 4.29. The van der Waals surface area contributed by atoms with Gasteiger partial charge in [-0.3, -0.25) is 9.59 Å². The van der Waals surface area contributed by atoms with Crippen molar-refractivity contribution in [3.8, 4) is 0 Å². The van der Waals surface area contributed by atoms with E-state index < -0.39 is 5.91 Å². The third-order valence-corrected chi connectivity index (χ3v) is 4.77. The van der Waals surface area contributed by atoms with Crippen LogP contribution in [0, 0.1) is 0 Å². The number of aromatic nitrogens is 2. The van der Waals surface area contributed by atoms with Crippen molar-refractivity contribution in [1.82, 2.24) is 14.5 Å². The van der Waals surface area contributed by atoms with E-state index in [2.05, 4.69) is 4.98 Å². The van der Waals surface area contributed by atoms with Crippen LogP contribution in [-0.4, -0.2) is 44.5 Å². The molecule has 0 radical (unpaired) electrons. The molecule has 0 bridgehead atoms. The van der Waals surface area contributed by atoms with E-state index in [1.54, 1.807) is 17.0 Å². The minimum atomic E-state index is -0.403. The first kappa shape index (κ1) is 18.1. The van der Waals surface area contributed by atoms with Crippen LogP contribution < -0.4 is 5.73 Å². The number of imidazole rings is 1. The average Bonchev–Trinajstić information content (AvgIpc) is 3.10. The standard InChI is InChI=1S/C19H24N4O3/c20-17(25)12-23-9-7-21-19(23)16-2-1-8-22(11-16)18(26)10-14-3-5-15(13-24)6-4-14/h3-7,9,16,24H,1-2,8,10-13H2,(H2,20,25). The maximum absolute atomic E-state index is 12.7. The molecule has 26 heavy (non-hydrogen) atoms. The molecule has 2 aromatic rings. The Bertz CT molecular complexity index is 769. The molecule has 1 saturated heterocycles. The van der Waals surface area contributed by atoms with E-state index in [-0.39, 0.29) is 25.0 Å². The van der Waals surface area contributed by atoms with Crippen LogP contribution in [0.5, 0.6) is 0 Å². The normalized spacial score (nSPS) is 17.3. The molecule has 0 spiro atoms. The number of carbonyl (C=O) groups is 2. The predicted molar refractivity (Wildman–Crippen MR) is 96.0 cm³/mol. The maximum Gasteiger partial charge on any atom is 0.237 e. The highest BCUT2D eigenvalue weighted by Crippen LogP contribution is 2.26. The molecule has 2 heterocycles. The van der Waals surface area contributed by atoms with Crippen molar-refractivity contribution in [1.29, 1.82) is 0 Å². The Morgan fingerprint density at radius 1 is 1.23 bits per heavy atom. The molecule has 0 aliphatic carbocycles. The van der Waals surface area contributed by atoms with Crippen LogP contribution in [0.1, 0.15) is 35.7 Å². The topological polar surface area (TPSA) is 101 Å². The third-order valence-electron chi connectivity index (χ3n) is 4.77. The zero-order chi connectivity index (χ0) is 18.5. The number of aliphatic hydroxyl groups is 1. The summed E-state index contributed by atoms with van der Waals surface area (Å²) in [5, 5.41) is 9.10. The van der Waals surface area contributed by atoms with Gasteiger partial charge in [-0.05, 0) is 24.0 Å². The number of rotatable bonds is 6. The zero-order valence-electron chi connectivity index (χ0n) is 14.7. The van der Waals surface area contributed by atoms with Crippen LogP contribution in [-0.2, 0) is 29.2 Å². The molecule has 3 rings (SSSR count). The fourth-order valence-electron chi connectivity index (χ4n) is 3.45. The summed E-state index contributed by atoms with van der Waals surface area (Å²) in [5.41, 5.74) is 7.07. The quantitative estimate of drug-likeness (QED) is 0.800. The van der Waals surface area contributed by atoms with Crippen molar-refractivity contribution in [2.75, 3.05) is 13.1 Å². The average molecular weight is 356 g/mol. The lowest BCUT2D eigenvalue weighted by molar-refractivity contribution is -0.131. The molecule has 1 fully saturated rings. The van der Waals surface area contributed by atoms with Gasteiger partial charge in [0.25, 0.3) is 0 Å². The van der Waals surface area contributed by atoms with Crippen LogP contribution in [0.2, 0.25) is 0 Å². The van der Waals surface area contributed by atoms with E-state index in [0.29, 0.717) is 13.0 Å². The smallest absolute Gasteiger partial charge is 0.237 e. The zero-order valence-corrected chi connectivity index (χ0v) is 14.7. The molecule has 2 amide bonds. The summed E-state index contributed by atoms with van der Waals surface area (Å²) in [6.07, 6.45) is 5.60. The minimum absolute atomic E-state index is 0.0000185. The van der Waals surface area contributed by atoms with Gasteiger partial charge < -0.3 is 20.3 Å². The van der Waals surface area contributed by atoms with E-state index in [1.165, 1.54) is 0 Å². The Balaban J connectivity index is 1.65. The Morgan fingerprint density at radius 2 is 1.96 bits per heavy atom. The number of carbonyl (C=O) groups excluding carboxylic acids is 2. The number of hydrogen-bond donors (Lipinski definition) is 2. The van der Waals surface area contributed by atoms with Crippen LogP contribution in [0.15, 0.2) is 36.7 Å². The Morgan fingerprint density at radius 3 is 2.65 bits per heavy atom. The van der Waals surface area contributed by atoms with Gasteiger partial charge in [0.1, 0.15) is 12.4 Å². The minimum Gasteiger partial charge on any atom is -0.392 e. The van der Waals surface area contributed by atoms with Gasteiger partial charge in [-0.1, -0.05) is 24.3 Å². The van der Waals surface area contributed by atoms with Crippen LogP contribution in [0.3, 0.4) is 0 Å². The lowest BCUT2D eigenvalue weighted by Gasteiger charge is -2.32. The molecule has 7 nitrogen and oxygen atoms in total. The van der Waals surface area contributed by atoms with Crippen molar-refractivity contribution >= 4 is 11.8 Å². The van der Waals surface area contributed by atoms with Gasteiger partial charge in [-0.25, -0.2) is 4.98 Å². The number of primary amides is 1. The predicted octanol–water partition coefficient (Wildman–Crippen LogP) is 0.809. The molecule has 1 unspecified atom stereocenters. The summed E-state index contributed by atoms with van der Waals surface area (Å²) in [7, 11) is 0. The van der Waals surface area contributed by atoms with Gasteiger partial charge in [-0.2, -0.15) is 0 Å². The molecule has 7 heteroatoms. The molecule has 3 N–H and O–H groups in total. The number of hydrogen-bond acceptors (Lipinski definition) is 4. The van der Waals surface area contributed by atoms with Crippen molar-refractivity contribution in [3.05, 3.63) is 53.6 Å². The van der Waals surface area contributed by atoms with Gasteiger partial charge in [0.05, 0.1) is 13.0 Å². The number of amides is 2. The molecule has 0 saturated carbocycles. The van der Waals surface area contributed by atoms with Gasteiger partial charge in [-0.15, -0.1) is 0 Å². The van der Waals surface area contributed by atoms with Crippen molar-refractivity contribution < 1.29 is 14.7 Å². The summed E-state index contributed by atoms with van der Waals surface area (Å²) in [4.78, 5) is 30.1. The number of likely N-dealkylation sites (tertiary alicyclic amines) is 1. The highest BCUT2D eigenvalue weighted by atomic mass is 16.3. The maximum atomic E-state index is 12.7. The number of nitrogens with zero attached hydrogens (tertiary/aromatic N) is 3. The van der Waals surface area contributed by atoms with Crippen molar-refractivity contribution in [3.63, 3.8) is 0 Å². The Labute approximate surface area is 152 Å². The first-order valence-electron chi connectivity index (χ1n) is 8.82. The first-order chi connectivity index (χ1) is 12.6. The molecule has 1 aromatic heterocycles. The molecule has 1 aromatic carbocycles. The van der Waals surface area contributed by atoms with Crippen LogP contribution in [0.25, 0.3) is 0 Å². The van der Waals surface area contributed by atoms with E-state index in [0.717, 1.165) is 36.3 Å². The first-order valence-corrected chi connectivity index (χ1v) is 8.82. The van der Waals surface area contributed by atoms with Gasteiger partial charge >= 0.3 is 0 Å². The van der Waals surface area contributed by atoms with E-state index >= 15 is 0 Å². The number of benzene rings is 1. The summed E-state index contributed by atoms with van der Waals surface area (Å²) in [6.45, 7) is 1.45. The molecule has 1 aliphatic heterocycles. The number of nitrogens with two attached hydrogens (primary N) is 1. The van der Waals surface area contributed by atoms with Gasteiger partial charge in [0, 0.05) is 31.4 Å². The second-order valence-electron chi connectivity index (χ2n) is 6.71. The second kappa shape index (κ2) is 8.14. The summed E-state index contributed by atoms with van der Waals surface area (Å²) < 4.78 is 1.77. The summed E-state index contributed by atoms with van der Waals surface area (Å²) in [6, 6.07) is 7.43. The molecular weight excluding hydrogens is 332 g/mol. The second-order valence-corrected chi connectivity index (χ2v) is 6.71. The molecule has 1 atom stereocenters. The Hall–Kier alpha value is -2.67. The lowest BCUT2D eigenvalue weighted by atomic mass is 9.96. The fourth-order valence-corrected chi connectivity index (χ4v) is 3.45. The molecule has 1 aliphatic rings. The highest BCUT2D eigenvalue weighted by molar-refractivity contribution is 5.79. The highest BCUT2D eigenvalue weighted by Gasteiger charge is 2.27. The molecule has 138 valence electrons. The monoisotopic (exact) mass is 356 g/mol. The fraction of sp³-hybridized carbons (Fsp3) is 0.421. The number of piperidine rings is 1. The van der Waals surface area contributed by atoms with Crippen LogP contribution >= 0.6 is 0 Å². The summed E-state index contributed by atoms with van der Waals surface area (Å²) >= 11 is 0. The number of aliphatic hydroxyl groups excluding tert-OH is 1. The van der Waals surface area contributed by atoms with Gasteiger partial charge in [0.15, 0.2) is 0 Å². The summed E-state index contributed by atoms with van der Waals surface area (Å²) in [5.74, 6) is 0.603. The molecular formula is C19H24N4O3. The van der Waals surface area contributed by atoms with Crippen molar-refractivity contribution in [2.45, 2.75) is 38.3 Å². The van der Waals surface area contributed by atoms with E-state index in [4.69, 9.17) is 10.8 Å². The largest absolute Gasteiger partial charge is 0.392 e. The van der Waals surface area contributed by atoms with Gasteiger partial charge in [0.2, 0.25) is 11.8 Å². The van der Waals surface area contributed by atoms with Crippen molar-refractivity contribution in [2.24, 2.45) is 5.73 Å². The SMILES string of the molecule is NC(=O)Cn1ccnc1C1CCCN(C(=O)Cc2ccc(CO)cc2)C1. The van der Waals surface area contributed by atoms with E-state index in [9.17, 15) is 9.59 Å². The van der Waals surface area contributed by atoms with E-state index in [1.807, 2.05) is 29.2 Å². The van der Waals surface area contributed by atoms with Crippen LogP contribution in [0.4, 0.5) is 0 Å².